The average molecular weight is 317 g/mol. The summed E-state index contributed by atoms with van der Waals surface area (Å²) >= 11 is 0.980. The first-order chi connectivity index (χ1) is 10.5. The molecule has 1 fully saturated rings. The smallest absolute Gasteiger partial charge is 0.328 e. The molecule has 0 spiro atoms. The Labute approximate surface area is 129 Å². The van der Waals surface area contributed by atoms with Gasteiger partial charge in [0.1, 0.15) is 5.58 Å². The third kappa shape index (κ3) is 2.89. The summed E-state index contributed by atoms with van der Waals surface area (Å²) in [6.07, 6.45) is 4.40. The number of furan rings is 1. The van der Waals surface area contributed by atoms with E-state index in [9.17, 15) is 14.4 Å². The lowest BCUT2D eigenvalue weighted by Gasteiger charge is -2.05. The van der Waals surface area contributed by atoms with E-state index in [1.54, 1.807) is 6.07 Å². The maximum absolute atomic E-state index is 11.6. The molecule has 2 heterocycles. The number of carboxylic acid groups (broad SMARTS) is 1. The molecule has 0 radical (unpaired) electrons. The van der Waals surface area contributed by atoms with Crippen molar-refractivity contribution in [2.45, 2.75) is 11.7 Å². The number of rotatable bonds is 4. The summed E-state index contributed by atoms with van der Waals surface area (Å²) in [5, 5.41) is 10.9. The summed E-state index contributed by atoms with van der Waals surface area (Å²) in [6, 6.07) is 5.44. The first-order valence-electron chi connectivity index (χ1n) is 6.45. The SMILES string of the molecule is O=C(O)C=Cc1coc2ccc(CC3SC(=O)NC3=O)cc12. The summed E-state index contributed by atoms with van der Waals surface area (Å²) < 4.78 is 5.36. The summed E-state index contributed by atoms with van der Waals surface area (Å²) in [6.45, 7) is 0. The molecule has 6 nitrogen and oxygen atoms in total. The number of carbonyl (C=O) groups is 3. The van der Waals surface area contributed by atoms with E-state index in [1.165, 1.54) is 12.3 Å². The van der Waals surface area contributed by atoms with Gasteiger partial charge in [-0.2, -0.15) is 0 Å². The van der Waals surface area contributed by atoms with E-state index in [1.807, 2.05) is 12.1 Å². The van der Waals surface area contributed by atoms with Gasteiger partial charge in [-0.25, -0.2) is 4.79 Å². The van der Waals surface area contributed by atoms with E-state index in [4.69, 9.17) is 9.52 Å². The van der Waals surface area contributed by atoms with E-state index in [0.717, 1.165) is 28.8 Å². The average Bonchev–Trinajstić information content (AvgIpc) is 3.00. The first-order valence-corrected chi connectivity index (χ1v) is 7.33. The minimum absolute atomic E-state index is 0.284. The van der Waals surface area contributed by atoms with E-state index >= 15 is 0 Å². The predicted octanol–water partition coefficient (Wildman–Crippen LogP) is 2.42. The molecule has 1 unspecified atom stereocenters. The van der Waals surface area contributed by atoms with Crippen molar-refractivity contribution in [2.75, 3.05) is 0 Å². The van der Waals surface area contributed by atoms with E-state index in [0.29, 0.717) is 17.6 Å². The molecule has 1 aromatic heterocycles. The lowest BCUT2D eigenvalue weighted by atomic mass is 10.0. The van der Waals surface area contributed by atoms with Gasteiger partial charge in [-0.05, 0) is 30.2 Å². The van der Waals surface area contributed by atoms with Crippen LogP contribution in [0.3, 0.4) is 0 Å². The maximum atomic E-state index is 11.6. The number of hydrogen-bond acceptors (Lipinski definition) is 5. The third-order valence-electron chi connectivity index (χ3n) is 3.26. The number of carboxylic acids is 1. The molecule has 0 aliphatic carbocycles. The van der Waals surface area contributed by atoms with Crippen molar-refractivity contribution in [3.63, 3.8) is 0 Å². The summed E-state index contributed by atoms with van der Waals surface area (Å²) in [5.74, 6) is -1.32. The van der Waals surface area contributed by atoms with Crippen molar-refractivity contribution in [3.05, 3.63) is 41.7 Å². The number of carbonyl (C=O) groups excluding carboxylic acids is 2. The molecule has 112 valence electrons. The quantitative estimate of drug-likeness (QED) is 0.841. The van der Waals surface area contributed by atoms with Gasteiger partial charge in [-0.1, -0.05) is 17.8 Å². The largest absolute Gasteiger partial charge is 0.478 e. The molecule has 7 heteroatoms. The topological polar surface area (TPSA) is 96.6 Å². The number of amides is 2. The predicted molar refractivity (Wildman–Crippen MR) is 81.5 cm³/mol. The van der Waals surface area contributed by atoms with Gasteiger partial charge in [0.2, 0.25) is 5.91 Å². The van der Waals surface area contributed by atoms with Gasteiger partial charge in [0.15, 0.2) is 0 Å². The van der Waals surface area contributed by atoms with E-state index < -0.39 is 11.2 Å². The van der Waals surface area contributed by atoms with Crippen LogP contribution in [0.15, 0.2) is 35.0 Å². The highest BCUT2D eigenvalue weighted by atomic mass is 32.2. The lowest BCUT2D eigenvalue weighted by molar-refractivity contribution is -0.131. The van der Waals surface area contributed by atoms with Gasteiger partial charge in [0, 0.05) is 17.0 Å². The highest BCUT2D eigenvalue weighted by Crippen LogP contribution is 2.27. The molecule has 1 aliphatic rings. The van der Waals surface area contributed by atoms with Crippen LogP contribution in [0.1, 0.15) is 11.1 Å². The van der Waals surface area contributed by atoms with Crippen molar-refractivity contribution < 1.29 is 23.9 Å². The van der Waals surface area contributed by atoms with Crippen LogP contribution < -0.4 is 5.32 Å². The Kier molecular flexibility index (Phi) is 3.72. The van der Waals surface area contributed by atoms with Crippen LogP contribution in [0.5, 0.6) is 0 Å². The number of benzene rings is 1. The summed E-state index contributed by atoms with van der Waals surface area (Å²) in [7, 11) is 0. The van der Waals surface area contributed by atoms with E-state index in [-0.39, 0.29) is 11.1 Å². The van der Waals surface area contributed by atoms with Crippen LogP contribution in [0.25, 0.3) is 17.0 Å². The van der Waals surface area contributed by atoms with Crippen LogP contribution in [-0.4, -0.2) is 27.5 Å². The molecule has 2 aromatic rings. The molecule has 1 aromatic carbocycles. The number of fused-ring (bicyclic) bond motifs is 1. The monoisotopic (exact) mass is 317 g/mol. The second-order valence-corrected chi connectivity index (χ2v) is 5.96. The van der Waals surface area contributed by atoms with Crippen LogP contribution in [0.2, 0.25) is 0 Å². The third-order valence-corrected chi connectivity index (χ3v) is 4.24. The number of hydrogen-bond donors (Lipinski definition) is 2. The molecule has 1 atom stereocenters. The second-order valence-electron chi connectivity index (χ2n) is 4.78. The Hall–Kier alpha value is -2.54. The highest BCUT2D eigenvalue weighted by molar-refractivity contribution is 8.15. The lowest BCUT2D eigenvalue weighted by Crippen LogP contribution is -2.25. The molecular formula is C15H11NO5S. The summed E-state index contributed by atoms with van der Waals surface area (Å²) in [4.78, 5) is 33.4. The standard InChI is InChI=1S/C15H11NO5S/c17-13(18)4-2-9-7-21-11-3-1-8(5-10(9)11)6-12-14(19)16-15(20)22-12/h1-5,7,12H,6H2,(H,17,18)(H,16,19,20). The molecule has 3 rings (SSSR count). The van der Waals surface area contributed by atoms with Crippen LogP contribution in [0.4, 0.5) is 4.79 Å². The number of aliphatic carboxylic acids is 1. The Bertz CT molecular complexity index is 807. The molecule has 0 saturated carbocycles. The van der Waals surface area contributed by atoms with Gasteiger partial charge < -0.3 is 9.52 Å². The van der Waals surface area contributed by atoms with Crippen molar-refractivity contribution >= 4 is 45.9 Å². The molecule has 22 heavy (non-hydrogen) atoms. The molecule has 1 saturated heterocycles. The Morgan fingerprint density at radius 2 is 2.23 bits per heavy atom. The van der Waals surface area contributed by atoms with Gasteiger partial charge in [-0.3, -0.25) is 14.9 Å². The Morgan fingerprint density at radius 3 is 2.91 bits per heavy atom. The van der Waals surface area contributed by atoms with Gasteiger partial charge in [0.05, 0.1) is 11.5 Å². The van der Waals surface area contributed by atoms with Crippen molar-refractivity contribution in [1.29, 1.82) is 0 Å². The summed E-state index contributed by atoms with van der Waals surface area (Å²) in [5.41, 5.74) is 2.16. The highest BCUT2D eigenvalue weighted by Gasteiger charge is 2.31. The zero-order chi connectivity index (χ0) is 15.7. The fourth-order valence-electron chi connectivity index (χ4n) is 2.25. The van der Waals surface area contributed by atoms with Crippen LogP contribution in [-0.2, 0) is 16.0 Å². The minimum atomic E-state index is -1.04. The van der Waals surface area contributed by atoms with E-state index in [2.05, 4.69) is 5.32 Å². The Balaban J connectivity index is 1.88. The maximum Gasteiger partial charge on any atom is 0.328 e. The van der Waals surface area contributed by atoms with Crippen LogP contribution >= 0.6 is 11.8 Å². The van der Waals surface area contributed by atoms with Gasteiger partial charge >= 0.3 is 5.97 Å². The second kappa shape index (κ2) is 5.69. The molecule has 2 amide bonds. The first kappa shape index (κ1) is 14.4. The van der Waals surface area contributed by atoms with Gasteiger partial charge in [0.25, 0.3) is 5.24 Å². The van der Waals surface area contributed by atoms with Crippen LogP contribution in [0, 0.1) is 0 Å². The molecule has 1 aliphatic heterocycles. The van der Waals surface area contributed by atoms with Gasteiger partial charge in [-0.15, -0.1) is 0 Å². The minimum Gasteiger partial charge on any atom is -0.478 e. The fraction of sp³-hybridized carbons (Fsp3) is 0.133. The van der Waals surface area contributed by atoms with Crippen molar-refractivity contribution in [1.82, 2.24) is 5.32 Å². The zero-order valence-corrected chi connectivity index (χ0v) is 12.1. The Morgan fingerprint density at radius 1 is 1.41 bits per heavy atom. The molecular weight excluding hydrogens is 306 g/mol. The number of nitrogens with one attached hydrogen (secondary N) is 1. The molecule has 0 bridgehead atoms. The normalized spacial score (nSPS) is 18.3. The number of thioether (sulfide) groups is 1. The fourth-order valence-corrected chi connectivity index (χ4v) is 3.11. The number of imide groups is 1. The zero-order valence-electron chi connectivity index (χ0n) is 11.2. The molecule has 2 N–H and O–H groups in total. The van der Waals surface area contributed by atoms with Crippen molar-refractivity contribution in [2.24, 2.45) is 0 Å². The van der Waals surface area contributed by atoms with Crippen molar-refractivity contribution in [3.8, 4) is 0 Å².